The van der Waals surface area contributed by atoms with Gasteiger partial charge in [0.05, 0.1) is 32.1 Å². The van der Waals surface area contributed by atoms with Crippen LogP contribution in [0.2, 0.25) is 0 Å². The quantitative estimate of drug-likeness (QED) is 0.848. The zero-order chi connectivity index (χ0) is 18.0. The first-order chi connectivity index (χ1) is 12.0. The summed E-state index contributed by atoms with van der Waals surface area (Å²) in [5.74, 6) is 2.53. The molecule has 1 aromatic heterocycles. The number of hydrogen-bond donors (Lipinski definition) is 2. The topological polar surface area (TPSA) is 88.2 Å². The third-order valence-corrected chi connectivity index (χ3v) is 4.53. The third kappa shape index (κ3) is 3.78. The molecule has 136 valence electrons. The van der Waals surface area contributed by atoms with Gasteiger partial charge in [0, 0.05) is 25.2 Å². The Morgan fingerprint density at radius 2 is 1.96 bits per heavy atom. The number of aromatic nitrogens is 1. The fraction of sp³-hybridized carbons (Fsp3) is 0.500. The summed E-state index contributed by atoms with van der Waals surface area (Å²) in [6.07, 6.45) is -0.802. The summed E-state index contributed by atoms with van der Waals surface area (Å²) in [7, 11) is 3.18. The molecule has 0 radical (unpaired) electrons. The van der Waals surface area contributed by atoms with Gasteiger partial charge in [-0.15, -0.1) is 0 Å². The van der Waals surface area contributed by atoms with Crippen molar-refractivity contribution in [1.82, 2.24) is 9.88 Å². The van der Waals surface area contributed by atoms with Crippen molar-refractivity contribution in [2.45, 2.75) is 32.1 Å². The van der Waals surface area contributed by atoms with Crippen LogP contribution in [0.5, 0.6) is 11.5 Å². The number of piperidine rings is 1. The summed E-state index contributed by atoms with van der Waals surface area (Å²) in [5.41, 5.74) is 1.63. The van der Waals surface area contributed by atoms with Crippen LogP contribution in [0.15, 0.2) is 22.6 Å². The van der Waals surface area contributed by atoms with Crippen molar-refractivity contribution >= 4 is 0 Å². The van der Waals surface area contributed by atoms with Crippen molar-refractivity contribution in [3.05, 3.63) is 29.7 Å². The fourth-order valence-corrected chi connectivity index (χ4v) is 3.01. The van der Waals surface area contributed by atoms with Gasteiger partial charge in [-0.05, 0) is 31.5 Å². The molecular weight excluding hydrogens is 324 g/mol. The van der Waals surface area contributed by atoms with Crippen LogP contribution in [-0.2, 0) is 6.54 Å². The van der Waals surface area contributed by atoms with Crippen LogP contribution in [0, 0.1) is 6.92 Å². The Labute approximate surface area is 146 Å². The number of ether oxygens (including phenoxy) is 2. The monoisotopic (exact) mass is 348 g/mol. The number of hydrogen-bond acceptors (Lipinski definition) is 7. The number of aryl methyl sites for hydroxylation is 1. The van der Waals surface area contributed by atoms with Gasteiger partial charge in [-0.25, -0.2) is 4.98 Å². The van der Waals surface area contributed by atoms with Crippen molar-refractivity contribution in [1.29, 1.82) is 0 Å². The molecule has 0 saturated carbocycles. The van der Waals surface area contributed by atoms with Crippen LogP contribution in [0.4, 0.5) is 0 Å². The van der Waals surface area contributed by atoms with Gasteiger partial charge in [-0.3, -0.25) is 4.90 Å². The van der Waals surface area contributed by atoms with Crippen molar-refractivity contribution < 1.29 is 24.1 Å². The second-order valence-corrected chi connectivity index (χ2v) is 6.25. The van der Waals surface area contributed by atoms with E-state index >= 15 is 0 Å². The summed E-state index contributed by atoms with van der Waals surface area (Å²) in [5, 5.41) is 19.5. The SMILES string of the molecule is COc1ccc(-c2nc(CN3CC[C@H](O)[C@@H](O)C3)c(C)o2)cc1OC. The van der Waals surface area contributed by atoms with Gasteiger partial charge >= 0.3 is 0 Å². The standard InChI is InChI=1S/C18H24N2O5/c1-11-13(9-20-7-6-14(21)15(22)10-20)19-18(25-11)12-4-5-16(23-2)17(8-12)24-3/h4-5,8,14-15,21-22H,6-7,9-10H2,1-3H3/t14-,15-/m0/s1. The van der Waals surface area contributed by atoms with Crippen LogP contribution in [0.1, 0.15) is 17.9 Å². The Bertz CT molecular complexity index is 730. The molecule has 3 rings (SSSR count). The highest BCUT2D eigenvalue weighted by atomic mass is 16.5. The minimum absolute atomic E-state index is 0.430. The Morgan fingerprint density at radius 1 is 1.20 bits per heavy atom. The lowest BCUT2D eigenvalue weighted by Crippen LogP contribution is -2.46. The van der Waals surface area contributed by atoms with Gasteiger partial charge in [0.15, 0.2) is 11.5 Å². The Hall–Kier alpha value is -2.09. The van der Waals surface area contributed by atoms with Gasteiger partial charge in [-0.2, -0.15) is 0 Å². The number of aliphatic hydroxyl groups is 2. The van der Waals surface area contributed by atoms with Gasteiger partial charge in [0.1, 0.15) is 5.76 Å². The maximum absolute atomic E-state index is 9.82. The van der Waals surface area contributed by atoms with Crippen molar-refractivity contribution in [3.8, 4) is 23.0 Å². The van der Waals surface area contributed by atoms with Gasteiger partial charge in [0.25, 0.3) is 0 Å². The number of aliphatic hydroxyl groups excluding tert-OH is 2. The molecule has 2 heterocycles. The molecule has 0 aliphatic carbocycles. The number of rotatable bonds is 5. The van der Waals surface area contributed by atoms with Crippen LogP contribution in [0.25, 0.3) is 11.5 Å². The van der Waals surface area contributed by atoms with E-state index in [1.165, 1.54) is 0 Å². The van der Waals surface area contributed by atoms with E-state index < -0.39 is 12.2 Å². The predicted molar refractivity (Wildman–Crippen MR) is 91.7 cm³/mol. The molecule has 1 aliphatic rings. The molecule has 0 amide bonds. The first-order valence-corrected chi connectivity index (χ1v) is 8.29. The number of nitrogens with zero attached hydrogens (tertiary/aromatic N) is 2. The minimum atomic E-state index is -0.716. The van der Waals surface area contributed by atoms with E-state index in [0.29, 0.717) is 36.9 Å². The highest BCUT2D eigenvalue weighted by Gasteiger charge is 2.27. The number of β-amino-alcohol motifs (C(OH)–C–C–N with tert-alkyl or cyclic N) is 1. The highest BCUT2D eigenvalue weighted by molar-refractivity contribution is 5.60. The molecule has 1 fully saturated rings. The summed E-state index contributed by atoms with van der Waals surface area (Å²) in [6, 6.07) is 5.52. The average Bonchev–Trinajstić information content (AvgIpc) is 2.98. The highest BCUT2D eigenvalue weighted by Crippen LogP contribution is 2.32. The molecular formula is C18H24N2O5. The zero-order valence-corrected chi connectivity index (χ0v) is 14.7. The third-order valence-electron chi connectivity index (χ3n) is 4.53. The second-order valence-electron chi connectivity index (χ2n) is 6.25. The lowest BCUT2D eigenvalue weighted by Gasteiger charge is -2.32. The molecule has 2 atom stereocenters. The Kier molecular flexibility index (Phi) is 5.27. The normalized spacial score (nSPS) is 21.3. The van der Waals surface area contributed by atoms with E-state index in [1.54, 1.807) is 14.2 Å². The number of likely N-dealkylation sites (tertiary alicyclic amines) is 1. The summed E-state index contributed by atoms with van der Waals surface area (Å²) >= 11 is 0. The molecule has 7 nitrogen and oxygen atoms in total. The van der Waals surface area contributed by atoms with E-state index in [1.807, 2.05) is 25.1 Å². The van der Waals surface area contributed by atoms with Crippen molar-refractivity contribution in [2.75, 3.05) is 27.3 Å². The number of oxazole rings is 1. The van der Waals surface area contributed by atoms with Crippen LogP contribution in [-0.4, -0.2) is 59.6 Å². The smallest absolute Gasteiger partial charge is 0.226 e. The Morgan fingerprint density at radius 3 is 2.64 bits per heavy atom. The molecule has 1 aliphatic heterocycles. The summed E-state index contributed by atoms with van der Waals surface area (Å²) in [6.45, 7) is 3.60. The molecule has 0 spiro atoms. The maximum atomic E-state index is 9.82. The average molecular weight is 348 g/mol. The summed E-state index contributed by atoms with van der Waals surface area (Å²) < 4.78 is 16.4. The van der Waals surface area contributed by atoms with Gasteiger partial charge < -0.3 is 24.1 Å². The number of benzene rings is 1. The van der Waals surface area contributed by atoms with Gasteiger partial charge in [-0.1, -0.05) is 0 Å². The molecule has 2 N–H and O–H groups in total. The first kappa shape index (κ1) is 17.7. The van der Waals surface area contributed by atoms with Crippen molar-refractivity contribution in [2.24, 2.45) is 0 Å². The molecule has 2 aromatic rings. The van der Waals surface area contributed by atoms with E-state index in [0.717, 1.165) is 23.6 Å². The second kappa shape index (κ2) is 7.43. The summed E-state index contributed by atoms with van der Waals surface area (Å²) in [4.78, 5) is 6.67. The molecule has 0 bridgehead atoms. The minimum Gasteiger partial charge on any atom is -0.493 e. The lowest BCUT2D eigenvalue weighted by atomic mass is 10.1. The molecule has 1 saturated heterocycles. The zero-order valence-electron chi connectivity index (χ0n) is 14.7. The van der Waals surface area contributed by atoms with E-state index in [9.17, 15) is 10.2 Å². The van der Waals surface area contributed by atoms with E-state index in [-0.39, 0.29) is 0 Å². The van der Waals surface area contributed by atoms with E-state index in [2.05, 4.69) is 9.88 Å². The lowest BCUT2D eigenvalue weighted by molar-refractivity contribution is -0.0406. The first-order valence-electron chi connectivity index (χ1n) is 8.29. The molecule has 0 unspecified atom stereocenters. The van der Waals surface area contributed by atoms with Crippen LogP contribution in [0.3, 0.4) is 0 Å². The van der Waals surface area contributed by atoms with Crippen molar-refractivity contribution in [3.63, 3.8) is 0 Å². The molecule has 1 aromatic carbocycles. The van der Waals surface area contributed by atoms with Gasteiger partial charge in [0.2, 0.25) is 5.89 Å². The fourth-order valence-electron chi connectivity index (χ4n) is 3.01. The Balaban J connectivity index is 1.78. The van der Waals surface area contributed by atoms with E-state index in [4.69, 9.17) is 13.9 Å². The maximum Gasteiger partial charge on any atom is 0.226 e. The predicted octanol–water partition coefficient (Wildman–Crippen LogP) is 1.59. The largest absolute Gasteiger partial charge is 0.493 e. The molecule has 7 heteroatoms. The number of methoxy groups -OCH3 is 2. The van der Waals surface area contributed by atoms with Crippen LogP contribution >= 0.6 is 0 Å². The molecule has 25 heavy (non-hydrogen) atoms. The van der Waals surface area contributed by atoms with Crippen LogP contribution < -0.4 is 9.47 Å².